The van der Waals surface area contributed by atoms with Crippen LogP contribution >= 0.6 is 22.9 Å². The molecule has 5 rings (SSSR count). The molecule has 5 aromatic rings. The van der Waals surface area contributed by atoms with E-state index in [2.05, 4.69) is 29.3 Å². The van der Waals surface area contributed by atoms with Crippen LogP contribution in [0.2, 0.25) is 5.02 Å². The fourth-order valence-corrected chi connectivity index (χ4v) is 4.91. The standard InChI is InChI=1S/C28H20ClNOS/c29-24-13-10-22(11-14-24)28(31,27-7-4-18-32-27)23-12-15-26-25(19-23)21(16-17-30-26)9-8-20-5-2-1-3-6-20/h1-19,31H. The first kappa shape index (κ1) is 20.7. The number of nitrogens with zero attached hydrogens (tertiary/aromatic N) is 1. The van der Waals surface area contributed by atoms with Crippen LogP contribution in [0.15, 0.2) is 103 Å². The SMILES string of the molecule is OC(c1ccc(Cl)cc1)(c1ccc2nccc(C=Cc3ccccc3)c2c1)c1cccs1. The lowest BCUT2D eigenvalue weighted by Gasteiger charge is -2.29. The summed E-state index contributed by atoms with van der Waals surface area (Å²) >= 11 is 7.65. The zero-order valence-corrected chi connectivity index (χ0v) is 18.7. The minimum atomic E-state index is -1.29. The van der Waals surface area contributed by atoms with E-state index in [4.69, 9.17) is 11.6 Å². The lowest BCUT2D eigenvalue weighted by molar-refractivity contribution is 0.130. The summed E-state index contributed by atoms with van der Waals surface area (Å²) in [6.45, 7) is 0. The van der Waals surface area contributed by atoms with E-state index in [1.165, 1.54) is 11.3 Å². The number of benzene rings is 3. The van der Waals surface area contributed by atoms with Gasteiger partial charge in [0.1, 0.15) is 5.60 Å². The number of aliphatic hydroxyl groups is 1. The molecule has 4 heteroatoms. The van der Waals surface area contributed by atoms with Gasteiger partial charge in [-0.25, -0.2) is 0 Å². The molecule has 0 aliphatic rings. The van der Waals surface area contributed by atoms with E-state index in [0.29, 0.717) is 5.02 Å². The Kier molecular flexibility index (Phi) is 5.62. The number of fused-ring (bicyclic) bond motifs is 1. The maximum absolute atomic E-state index is 12.1. The predicted octanol–water partition coefficient (Wildman–Crippen LogP) is 7.40. The molecule has 2 nitrogen and oxygen atoms in total. The Balaban J connectivity index is 1.67. The Hall–Kier alpha value is -3.24. The van der Waals surface area contributed by atoms with Gasteiger partial charge < -0.3 is 5.11 Å². The number of rotatable bonds is 5. The number of hydrogen-bond donors (Lipinski definition) is 1. The molecular weight excluding hydrogens is 434 g/mol. The summed E-state index contributed by atoms with van der Waals surface area (Å²) in [7, 11) is 0. The van der Waals surface area contributed by atoms with Gasteiger partial charge in [0.15, 0.2) is 0 Å². The van der Waals surface area contributed by atoms with Crippen molar-refractivity contribution in [3.63, 3.8) is 0 Å². The van der Waals surface area contributed by atoms with E-state index < -0.39 is 5.60 Å². The molecule has 0 radical (unpaired) electrons. The van der Waals surface area contributed by atoms with Gasteiger partial charge in [0.05, 0.1) is 5.52 Å². The van der Waals surface area contributed by atoms with Crippen LogP contribution < -0.4 is 0 Å². The van der Waals surface area contributed by atoms with Crippen LogP contribution in [0, 0.1) is 0 Å². The van der Waals surface area contributed by atoms with Crippen molar-refractivity contribution in [3.8, 4) is 0 Å². The zero-order chi connectivity index (χ0) is 22.0. The summed E-state index contributed by atoms with van der Waals surface area (Å²) < 4.78 is 0. The highest BCUT2D eigenvalue weighted by Crippen LogP contribution is 2.40. The van der Waals surface area contributed by atoms with Crippen LogP contribution in [-0.2, 0) is 5.60 Å². The highest BCUT2D eigenvalue weighted by atomic mass is 35.5. The summed E-state index contributed by atoms with van der Waals surface area (Å²) in [4.78, 5) is 5.39. The van der Waals surface area contributed by atoms with Crippen molar-refractivity contribution >= 4 is 46.0 Å². The highest BCUT2D eigenvalue weighted by Gasteiger charge is 2.35. The molecule has 3 aromatic carbocycles. The number of halogens is 1. The van der Waals surface area contributed by atoms with Gasteiger partial charge >= 0.3 is 0 Å². The Labute approximate surface area is 196 Å². The van der Waals surface area contributed by atoms with Gasteiger partial charge in [0, 0.05) is 21.5 Å². The molecule has 2 aromatic heterocycles. The van der Waals surface area contributed by atoms with E-state index in [-0.39, 0.29) is 0 Å². The maximum Gasteiger partial charge on any atom is 0.149 e. The van der Waals surface area contributed by atoms with Crippen LogP contribution in [0.5, 0.6) is 0 Å². The van der Waals surface area contributed by atoms with Crippen molar-refractivity contribution in [2.24, 2.45) is 0 Å². The Morgan fingerprint density at radius 2 is 1.59 bits per heavy atom. The van der Waals surface area contributed by atoms with Crippen LogP contribution in [0.1, 0.15) is 27.1 Å². The topological polar surface area (TPSA) is 33.1 Å². The molecule has 0 saturated heterocycles. The molecular formula is C28H20ClNOS. The summed E-state index contributed by atoms with van der Waals surface area (Å²) in [5, 5.41) is 15.7. The van der Waals surface area contributed by atoms with Gasteiger partial charge in [0.2, 0.25) is 0 Å². The second kappa shape index (κ2) is 8.71. The molecule has 0 spiro atoms. The minimum absolute atomic E-state index is 0.637. The number of hydrogen-bond acceptors (Lipinski definition) is 3. The molecule has 1 atom stereocenters. The number of pyridine rings is 1. The normalized spacial score (nSPS) is 13.4. The summed E-state index contributed by atoms with van der Waals surface area (Å²) in [5.41, 5.74) is 3.33. The molecule has 0 bridgehead atoms. The lowest BCUT2D eigenvalue weighted by atomic mass is 9.84. The molecule has 0 aliphatic carbocycles. The first-order chi connectivity index (χ1) is 15.6. The summed E-state index contributed by atoms with van der Waals surface area (Å²) in [5.74, 6) is 0. The fraction of sp³-hybridized carbons (Fsp3) is 0.0357. The van der Waals surface area contributed by atoms with E-state index >= 15 is 0 Å². The van der Waals surface area contributed by atoms with Crippen molar-refractivity contribution in [2.45, 2.75) is 5.60 Å². The molecule has 0 fully saturated rings. The van der Waals surface area contributed by atoms with Gasteiger partial charge in [0.25, 0.3) is 0 Å². The molecule has 1 N–H and O–H groups in total. The average Bonchev–Trinajstić information content (AvgIpc) is 3.39. The monoisotopic (exact) mass is 453 g/mol. The van der Waals surface area contributed by atoms with Crippen LogP contribution in [0.3, 0.4) is 0 Å². The molecule has 0 amide bonds. The Morgan fingerprint density at radius 3 is 2.34 bits per heavy atom. The first-order valence-corrected chi connectivity index (χ1v) is 11.5. The van der Waals surface area contributed by atoms with E-state index in [1.54, 1.807) is 0 Å². The second-order valence-corrected chi connectivity index (χ2v) is 8.95. The molecule has 2 heterocycles. The second-order valence-electron chi connectivity index (χ2n) is 7.57. The van der Waals surface area contributed by atoms with Gasteiger partial charge in [-0.05, 0) is 64.0 Å². The van der Waals surface area contributed by atoms with Crippen molar-refractivity contribution in [1.29, 1.82) is 0 Å². The number of thiophene rings is 1. The van der Waals surface area contributed by atoms with Gasteiger partial charge in [-0.15, -0.1) is 11.3 Å². The Bertz CT molecular complexity index is 1380. The van der Waals surface area contributed by atoms with Gasteiger partial charge in [-0.1, -0.05) is 78.4 Å². The highest BCUT2D eigenvalue weighted by molar-refractivity contribution is 7.10. The van der Waals surface area contributed by atoms with Crippen molar-refractivity contribution in [1.82, 2.24) is 4.98 Å². The maximum atomic E-state index is 12.1. The molecule has 0 aliphatic heterocycles. The number of aromatic nitrogens is 1. The van der Waals surface area contributed by atoms with Crippen molar-refractivity contribution < 1.29 is 5.11 Å². The average molecular weight is 454 g/mol. The van der Waals surface area contributed by atoms with Crippen LogP contribution in [0.4, 0.5) is 0 Å². The predicted molar refractivity (Wildman–Crippen MR) is 135 cm³/mol. The van der Waals surface area contributed by atoms with Gasteiger partial charge in [-0.2, -0.15) is 0 Å². The lowest BCUT2D eigenvalue weighted by Crippen LogP contribution is -2.27. The van der Waals surface area contributed by atoms with E-state index in [0.717, 1.165) is 38.0 Å². The van der Waals surface area contributed by atoms with Crippen molar-refractivity contribution in [3.05, 3.63) is 135 Å². The third-order valence-corrected chi connectivity index (χ3v) is 6.82. The fourth-order valence-electron chi connectivity index (χ4n) is 3.91. The minimum Gasteiger partial charge on any atom is -0.375 e. The van der Waals surface area contributed by atoms with Crippen LogP contribution in [0.25, 0.3) is 23.1 Å². The van der Waals surface area contributed by atoms with Crippen LogP contribution in [-0.4, -0.2) is 10.1 Å². The summed E-state index contributed by atoms with van der Waals surface area (Å²) in [6.07, 6.45) is 6.00. The van der Waals surface area contributed by atoms with E-state index in [9.17, 15) is 5.11 Å². The van der Waals surface area contributed by atoms with Crippen molar-refractivity contribution in [2.75, 3.05) is 0 Å². The molecule has 1 unspecified atom stereocenters. The van der Waals surface area contributed by atoms with E-state index in [1.807, 2.05) is 90.4 Å². The quantitative estimate of drug-likeness (QED) is 0.300. The molecule has 32 heavy (non-hydrogen) atoms. The summed E-state index contributed by atoms with van der Waals surface area (Å²) in [6, 6.07) is 29.5. The molecule has 0 saturated carbocycles. The zero-order valence-electron chi connectivity index (χ0n) is 17.2. The van der Waals surface area contributed by atoms with Gasteiger partial charge in [-0.3, -0.25) is 4.98 Å². The third-order valence-electron chi connectivity index (χ3n) is 5.59. The Morgan fingerprint density at radius 1 is 0.812 bits per heavy atom. The largest absolute Gasteiger partial charge is 0.375 e. The smallest absolute Gasteiger partial charge is 0.149 e. The third kappa shape index (κ3) is 3.87. The first-order valence-electron chi connectivity index (χ1n) is 10.3. The molecule has 156 valence electrons.